The minimum Gasteiger partial charge on any atom is -0.486 e. The molecule has 8 heteroatoms. The van der Waals surface area contributed by atoms with Crippen LogP contribution in [-0.2, 0) is 11.3 Å². The van der Waals surface area contributed by atoms with Crippen molar-refractivity contribution >= 4 is 17.5 Å². The molecule has 1 aliphatic rings. The van der Waals surface area contributed by atoms with Gasteiger partial charge in [-0.3, -0.25) is 14.4 Å². The topological polar surface area (TPSA) is 113 Å². The highest BCUT2D eigenvalue weighted by Crippen LogP contribution is 2.32. The molecule has 0 saturated carbocycles. The molecule has 136 valence electrons. The number of nitrogens with two attached hydrogens (primary N) is 1. The lowest BCUT2D eigenvalue weighted by molar-refractivity contribution is -0.116. The fraction of sp³-hybridized carbons (Fsp3) is 0.278. The molecule has 0 saturated heterocycles. The Morgan fingerprint density at radius 2 is 1.85 bits per heavy atom. The predicted molar refractivity (Wildman–Crippen MR) is 94.8 cm³/mol. The minimum atomic E-state index is -0.812. The molecule has 2 aromatic rings. The number of aryl methyl sites for hydroxylation is 2. The Morgan fingerprint density at radius 3 is 2.54 bits per heavy atom. The normalized spacial score (nSPS) is 12.5. The third-order valence-electron chi connectivity index (χ3n) is 4.08. The van der Waals surface area contributed by atoms with Crippen LogP contribution in [0.15, 0.2) is 29.1 Å². The summed E-state index contributed by atoms with van der Waals surface area (Å²) in [5.74, 6) is -0.0562. The highest BCUT2D eigenvalue weighted by Gasteiger charge is 2.17. The van der Waals surface area contributed by atoms with Gasteiger partial charge in [-0.25, -0.2) is 0 Å². The summed E-state index contributed by atoms with van der Waals surface area (Å²) in [6, 6.07) is 6.70. The molecule has 1 aromatic carbocycles. The van der Waals surface area contributed by atoms with Gasteiger partial charge in [0.05, 0.1) is 0 Å². The van der Waals surface area contributed by atoms with E-state index in [1.165, 1.54) is 4.57 Å². The maximum absolute atomic E-state index is 12.5. The standard InChI is InChI=1S/C18H19N3O5/c1-10-7-11(2)21(18(24)16(10)17(19)23)9-15(22)20-12-3-4-13-14(8-12)26-6-5-25-13/h3-4,7-8H,5-6,9H2,1-2H3,(H2,19,23)(H,20,22). The molecule has 2 heterocycles. The number of amides is 2. The van der Waals surface area contributed by atoms with Crippen LogP contribution in [0.1, 0.15) is 21.6 Å². The number of benzene rings is 1. The third-order valence-corrected chi connectivity index (χ3v) is 4.08. The van der Waals surface area contributed by atoms with Gasteiger partial charge in [0.15, 0.2) is 11.5 Å². The van der Waals surface area contributed by atoms with Crippen LogP contribution < -0.4 is 26.1 Å². The van der Waals surface area contributed by atoms with Crippen LogP contribution in [0, 0.1) is 13.8 Å². The molecular weight excluding hydrogens is 338 g/mol. The Morgan fingerprint density at radius 1 is 1.15 bits per heavy atom. The second kappa shape index (κ2) is 6.91. The Kier molecular flexibility index (Phi) is 4.66. The first kappa shape index (κ1) is 17.5. The molecule has 0 radical (unpaired) electrons. The second-order valence-corrected chi connectivity index (χ2v) is 6.01. The van der Waals surface area contributed by atoms with Gasteiger partial charge in [0.2, 0.25) is 5.91 Å². The zero-order valence-corrected chi connectivity index (χ0v) is 14.5. The highest BCUT2D eigenvalue weighted by molar-refractivity contribution is 5.94. The van der Waals surface area contributed by atoms with E-state index in [2.05, 4.69) is 5.32 Å². The van der Waals surface area contributed by atoms with Crippen molar-refractivity contribution in [3.05, 3.63) is 51.4 Å². The molecule has 0 fully saturated rings. The number of ether oxygens (including phenoxy) is 2. The summed E-state index contributed by atoms with van der Waals surface area (Å²) in [7, 11) is 0. The van der Waals surface area contributed by atoms with Gasteiger partial charge in [-0.2, -0.15) is 0 Å². The molecule has 0 aliphatic carbocycles. The molecule has 1 aliphatic heterocycles. The van der Waals surface area contributed by atoms with Crippen LogP contribution in [0.3, 0.4) is 0 Å². The van der Waals surface area contributed by atoms with Crippen molar-refractivity contribution in [2.24, 2.45) is 5.73 Å². The Bertz CT molecular complexity index is 949. The molecule has 0 atom stereocenters. The molecule has 2 amide bonds. The van der Waals surface area contributed by atoms with Crippen molar-refractivity contribution in [2.75, 3.05) is 18.5 Å². The number of rotatable bonds is 4. The van der Waals surface area contributed by atoms with E-state index in [-0.39, 0.29) is 12.1 Å². The van der Waals surface area contributed by atoms with Crippen LogP contribution in [0.2, 0.25) is 0 Å². The molecule has 3 rings (SSSR count). The predicted octanol–water partition coefficient (Wildman–Crippen LogP) is 0.974. The van der Waals surface area contributed by atoms with Crippen LogP contribution in [0.5, 0.6) is 11.5 Å². The van der Waals surface area contributed by atoms with Gasteiger partial charge in [0.1, 0.15) is 25.3 Å². The summed E-state index contributed by atoms with van der Waals surface area (Å²) >= 11 is 0. The zero-order valence-electron chi connectivity index (χ0n) is 14.5. The van der Waals surface area contributed by atoms with Gasteiger partial charge >= 0.3 is 0 Å². The first-order valence-corrected chi connectivity index (χ1v) is 8.07. The van der Waals surface area contributed by atoms with Crippen LogP contribution in [0.25, 0.3) is 0 Å². The summed E-state index contributed by atoms with van der Waals surface area (Å²) in [6.45, 7) is 4.01. The summed E-state index contributed by atoms with van der Waals surface area (Å²) < 4.78 is 12.1. The lowest BCUT2D eigenvalue weighted by atomic mass is 10.1. The second-order valence-electron chi connectivity index (χ2n) is 6.01. The van der Waals surface area contributed by atoms with E-state index in [1.54, 1.807) is 38.1 Å². The maximum atomic E-state index is 12.5. The number of hydrogen-bond donors (Lipinski definition) is 2. The summed E-state index contributed by atoms with van der Waals surface area (Å²) in [5, 5.41) is 2.71. The average molecular weight is 357 g/mol. The number of nitrogens with zero attached hydrogens (tertiary/aromatic N) is 1. The number of carbonyl (C=O) groups is 2. The largest absolute Gasteiger partial charge is 0.486 e. The van der Waals surface area contributed by atoms with Crippen molar-refractivity contribution in [2.45, 2.75) is 20.4 Å². The lowest BCUT2D eigenvalue weighted by Crippen LogP contribution is -2.35. The van der Waals surface area contributed by atoms with Gasteiger partial charge in [-0.05, 0) is 37.6 Å². The SMILES string of the molecule is Cc1cc(C)n(CC(=O)Nc2ccc3c(c2)OCCO3)c(=O)c1C(N)=O. The first-order chi connectivity index (χ1) is 12.4. The van der Waals surface area contributed by atoms with E-state index in [4.69, 9.17) is 15.2 Å². The molecular formula is C18H19N3O5. The van der Waals surface area contributed by atoms with E-state index in [1.807, 2.05) is 0 Å². The highest BCUT2D eigenvalue weighted by atomic mass is 16.6. The molecule has 26 heavy (non-hydrogen) atoms. The minimum absolute atomic E-state index is 0.109. The summed E-state index contributed by atoms with van der Waals surface area (Å²) in [6.07, 6.45) is 0. The molecule has 8 nitrogen and oxygen atoms in total. The van der Waals surface area contributed by atoms with E-state index in [0.29, 0.717) is 41.7 Å². The van der Waals surface area contributed by atoms with Gasteiger partial charge in [0, 0.05) is 17.4 Å². The smallest absolute Gasteiger partial charge is 0.264 e. The maximum Gasteiger partial charge on any atom is 0.264 e. The molecule has 3 N–H and O–H groups in total. The number of primary amides is 1. The number of aromatic nitrogens is 1. The van der Waals surface area contributed by atoms with E-state index >= 15 is 0 Å². The van der Waals surface area contributed by atoms with Crippen molar-refractivity contribution in [1.29, 1.82) is 0 Å². The Hall–Kier alpha value is -3.29. The summed E-state index contributed by atoms with van der Waals surface area (Å²) in [5.41, 5.74) is 6.16. The Labute approximate surface area is 149 Å². The van der Waals surface area contributed by atoms with E-state index in [0.717, 1.165) is 0 Å². The van der Waals surface area contributed by atoms with Crippen LogP contribution in [-0.4, -0.2) is 29.6 Å². The van der Waals surface area contributed by atoms with Crippen molar-refractivity contribution in [1.82, 2.24) is 4.57 Å². The van der Waals surface area contributed by atoms with E-state index in [9.17, 15) is 14.4 Å². The average Bonchev–Trinajstić information content (AvgIpc) is 2.58. The van der Waals surface area contributed by atoms with Gasteiger partial charge in [0.25, 0.3) is 11.5 Å². The first-order valence-electron chi connectivity index (χ1n) is 8.07. The Balaban J connectivity index is 1.82. The van der Waals surface area contributed by atoms with Crippen LogP contribution in [0.4, 0.5) is 5.69 Å². The number of carbonyl (C=O) groups excluding carboxylic acids is 2. The van der Waals surface area contributed by atoms with Crippen molar-refractivity contribution in [3.63, 3.8) is 0 Å². The number of hydrogen-bond acceptors (Lipinski definition) is 5. The van der Waals surface area contributed by atoms with Crippen molar-refractivity contribution in [3.8, 4) is 11.5 Å². The fourth-order valence-corrected chi connectivity index (χ4v) is 2.89. The quantitative estimate of drug-likeness (QED) is 0.847. The summed E-state index contributed by atoms with van der Waals surface area (Å²) in [4.78, 5) is 36.3. The van der Waals surface area contributed by atoms with Gasteiger partial charge < -0.3 is 25.1 Å². The number of anilines is 1. The third kappa shape index (κ3) is 3.39. The van der Waals surface area contributed by atoms with Crippen molar-refractivity contribution < 1.29 is 19.1 Å². The monoisotopic (exact) mass is 357 g/mol. The number of pyridine rings is 1. The molecule has 0 unspecified atom stereocenters. The zero-order chi connectivity index (χ0) is 18.8. The van der Waals surface area contributed by atoms with Crippen LogP contribution >= 0.6 is 0 Å². The lowest BCUT2D eigenvalue weighted by Gasteiger charge is -2.19. The molecule has 0 bridgehead atoms. The number of fused-ring (bicyclic) bond motifs is 1. The number of nitrogens with one attached hydrogen (secondary N) is 1. The van der Waals surface area contributed by atoms with E-state index < -0.39 is 17.4 Å². The fourth-order valence-electron chi connectivity index (χ4n) is 2.89. The van der Waals surface area contributed by atoms with Gasteiger partial charge in [-0.1, -0.05) is 0 Å². The molecule has 0 spiro atoms. The molecule has 1 aromatic heterocycles. The van der Waals surface area contributed by atoms with Gasteiger partial charge in [-0.15, -0.1) is 0 Å².